The molecule has 1 atom stereocenters. The largest absolute Gasteiger partial charge is 0.493 e. The van der Waals surface area contributed by atoms with Crippen LogP contribution >= 0.6 is 0 Å². The van der Waals surface area contributed by atoms with Crippen LogP contribution in [0.15, 0.2) is 53.2 Å². The molecule has 1 amide bonds. The Morgan fingerprint density at radius 2 is 2.00 bits per heavy atom. The molecule has 2 aromatic carbocycles. The summed E-state index contributed by atoms with van der Waals surface area (Å²) >= 11 is 0. The van der Waals surface area contributed by atoms with Gasteiger partial charge in [-0.25, -0.2) is 0 Å². The third-order valence-electron chi connectivity index (χ3n) is 5.00. The standard InChI is InChI=1S/C25H29NO4/c1-6-29-24-18(4)25-21(22(15-30-25)19-10-8-7-9-11-19)13-20(24)16(2)12-23(27)26-17(3)14-28-5/h7-13,15,17H,6,14H2,1-5H3,(H,26,27)/b16-12+. The molecule has 1 N–H and O–H groups in total. The van der Waals surface area contributed by atoms with Gasteiger partial charge in [-0.1, -0.05) is 30.3 Å². The highest BCUT2D eigenvalue weighted by Crippen LogP contribution is 2.40. The molecule has 0 saturated carbocycles. The van der Waals surface area contributed by atoms with E-state index in [2.05, 4.69) is 23.5 Å². The fourth-order valence-corrected chi connectivity index (χ4v) is 3.63. The predicted octanol–water partition coefficient (Wildman–Crippen LogP) is 5.36. The van der Waals surface area contributed by atoms with Crippen LogP contribution in [0.4, 0.5) is 0 Å². The summed E-state index contributed by atoms with van der Waals surface area (Å²) in [4.78, 5) is 12.5. The fourth-order valence-electron chi connectivity index (χ4n) is 3.63. The van der Waals surface area contributed by atoms with Crippen LogP contribution in [0, 0.1) is 6.92 Å². The monoisotopic (exact) mass is 407 g/mol. The van der Waals surface area contributed by atoms with Crippen molar-refractivity contribution >= 4 is 22.4 Å². The van der Waals surface area contributed by atoms with E-state index in [0.717, 1.165) is 44.5 Å². The van der Waals surface area contributed by atoms with Gasteiger partial charge in [0.15, 0.2) is 0 Å². The average Bonchev–Trinajstić information content (AvgIpc) is 3.15. The molecule has 1 unspecified atom stereocenters. The summed E-state index contributed by atoms with van der Waals surface area (Å²) in [5, 5.41) is 3.92. The molecule has 3 rings (SSSR count). The number of carbonyl (C=O) groups is 1. The Morgan fingerprint density at radius 1 is 1.27 bits per heavy atom. The quantitative estimate of drug-likeness (QED) is 0.511. The summed E-state index contributed by atoms with van der Waals surface area (Å²) in [7, 11) is 1.62. The van der Waals surface area contributed by atoms with Crippen molar-refractivity contribution in [3.05, 3.63) is 59.9 Å². The first-order valence-corrected chi connectivity index (χ1v) is 10.2. The van der Waals surface area contributed by atoms with Crippen molar-refractivity contribution in [3.8, 4) is 16.9 Å². The van der Waals surface area contributed by atoms with Gasteiger partial charge in [-0.2, -0.15) is 0 Å². The Hall–Kier alpha value is -3.05. The number of rotatable bonds is 8. The number of methoxy groups -OCH3 is 1. The van der Waals surface area contributed by atoms with Crippen molar-refractivity contribution in [2.45, 2.75) is 33.7 Å². The molecule has 3 aromatic rings. The maximum Gasteiger partial charge on any atom is 0.244 e. The Kier molecular flexibility index (Phi) is 6.95. The zero-order chi connectivity index (χ0) is 21.7. The first kappa shape index (κ1) is 21.7. The molecule has 5 nitrogen and oxygen atoms in total. The minimum absolute atomic E-state index is 0.0688. The maximum absolute atomic E-state index is 12.5. The van der Waals surface area contributed by atoms with Gasteiger partial charge in [0.1, 0.15) is 11.3 Å². The number of benzene rings is 2. The van der Waals surface area contributed by atoms with Crippen molar-refractivity contribution in [1.29, 1.82) is 0 Å². The SMILES string of the molecule is CCOc1c(/C(C)=C/C(=O)NC(C)COC)cc2c(-c3ccccc3)coc2c1C. The van der Waals surface area contributed by atoms with E-state index in [1.807, 2.05) is 45.9 Å². The number of amides is 1. The van der Waals surface area contributed by atoms with Crippen LogP contribution in [0.25, 0.3) is 27.7 Å². The number of carbonyl (C=O) groups excluding carboxylic acids is 1. The van der Waals surface area contributed by atoms with Gasteiger partial charge in [0.2, 0.25) is 5.91 Å². The van der Waals surface area contributed by atoms with Gasteiger partial charge in [0.25, 0.3) is 0 Å². The molecule has 1 aromatic heterocycles. The highest BCUT2D eigenvalue weighted by Gasteiger charge is 2.19. The summed E-state index contributed by atoms with van der Waals surface area (Å²) in [5.74, 6) is 0.582. The second-order valence-corrected chi connectivity index (χ2v) is 7.40. The molecule has 0 aliphatic carbocycles. The molecular weight excluding hydrogens is 378 g/mol. The predicted molar refractivity (Wildman–Crippen MR) is 121 cm³/mol. The molecule has 0 fully saturated rings. The summed E-state index contributed by atoms with van der Waals surface area (Å²) < 4.78 is 17.0. The smallest absolute Gasteiger partial charge is 0.244 e. The number of allylic oxidation sites excluding steroid dienone is 1. The molecule has 0 aliphatic rings. The normalized spacial score (nSPS) is 12.8. The Labute approximate surface area is 177 Å². The lowest BCUT2D eigenvalue weighted by molar-refractivity contribution is -0.117. The summed E-state index contributed by atoms with van der Waals surface area (Å²) in [6, 6.07) is 12.1. The lowest BCUT2D eigenvalue weighted by atomic mass is 9.96. The molecule has 0 bridgehead atoms. The summed E-state index contributed by atoms with van der Waals surface area (Å²) in [6.07, 6.45) is 3.39. The maximum atomic E-state index is 12.5. The number of aryl methyl sites for hydroxylation is 1. The number of ether oxygens (including phenoxy) is 2. The van der Waals surface area contributed by atoms with Crippen LogP contribution in [0.3, 0.4) is 0 Å². The Morgan fingerprint density at radius 3 is 2.67 bits per heavy atom. The van der Waals surface area contributed by atoms with Crippen molar-refractivity contribution in [1.82, 2.24) is 5.32 Å². The first-order chi connectivity index (χ1) is 14.5. The van der Waals surface area contributed by atoms with Crippen LogP contribution in [-0.4, -0.2) is 32.3 Å². The van der Waals surface area contributed by atoms with E-state index in [-0.39, 0.29) is 11.9 Å². The second kappa shape index (κ2) is 9.63. The van der Waals surface area contributed by atoms with Crippen LogP contribution < -0.4 is 10.1 Å². The summed E-state index contributed by atoms with van der Waals surface area (Å²) in [6.45, 7) is 8.75. The molecule has 0 spiro atoms. The van der Waals surface area contributed by atoms with Gasteiger partial charge in [-0.05, 0) is 44.9 Å². The lowest BCUT2D eigenvalue weighted by Crippen LogP contribution is -2.34. The van der Waals surface area contributed by atoms with Gasteiger partial charge in [0, 0.05) is 41.3 Å². The zero-order valence-electron chi connectivity index (χ0n) is 18.2. The van der Waals surface area contributed by atoms with E-state index in [9.17, 15) is 4.79 Å². The van der Waals surface area contributed by atoms with Crippen LogP contribution in [0.5, 0.6) is 5.75 Å². The third kappa shape index (κ3) is 4.57. The number of hydrogen-bond acceptors (Lipinski definition) is 4. The second-order valence-electron chi connectivity index (χ2n) is 7.40. The Bertz CT molecular complexity index is 1050. The van der Waals surface area contributed by atoms with Gasteiger partial charge < -0.3 is 19.2 Å². The third-order valence-corrected chi connectivity index (χ3v) is 5.00. The molecule has 1 heterocycles. The van der Waals surface area contributed by atoms with Gasteiger partial charge in [0.05, 0.1) is 19.5 Å². The number of nitrogens with one attached hydrogen (secondary N) is 1. The minimum Gasteiger partial charge on any atom is -0.493 e. The van der Waals surface area contributed by atoms with E-state index >= 15 is 0 Å². The molecule has 158 valence electrons. The first-order valence-electron chi connectivity index (χ1n) is 10.2. The highest BCUT2D eigenvalue weighted by molar-refractivity contribution is 6.01. The van der Waals surface area contributed by atoms with E-state index in [1.165, 1.54) is 0 Å². The van der Waals surface area contributed by atoms with E-state index in [4.69, 9.17) is 13.9 Å². The van der Waals surface area contributed by atoms with Crippen molar-refractivity contribution < 1.29 is 18.7 Å². The molecule has 0 radical (unpaired) electrons. The van der Waals surface area contributed by atoms with Gasteiger partial charge in [-0.15, -0.1) is 0 Å². The number of hydrogen-bond donors (Lipinski definition) is 1. The van der Waals surface area contributed by atoms with Crippen LogP contribution in [-0.2, 0) is 9.53 Å². The number of fused-ring (bicyclic) bond motifs is 1. The van der Waals surface area contributed by atoms with Crippen molar-refractivity contribution in [2.75, 3.05) is 20.3 Å². The molecule has 30 heavy (non-hydrogen) atoms. The molecule has 0 saturated heterocycles. The molecule has 0 aliphatic heterocycles. The average molecular weight is 408 g/mol. The lowest BCUT2D eigenvalue weighted by Gasteiger charge is -2.15. The van der Waals surface area contributed by atoms with Crippen LogP contribution in [0.2, 0.25) is 0 Å². The van der Waals surface area contributed by atoms with Crippen molar-refractivity contribution in [3.63, 3.8) is 0 Å². The topological polar surface area (TPSA) is 60.7 Å². The molecular formula is C25H29NO4. The van der Waals surface area contributed by atoms with E-state index in [0.29, 0.717) is 13.2 Å². The fraction of sp³-hybridized carbons (Fsp3) is 0.320. The van der Waals surface area contributed by atoms with Gasteiger partial charge in [-0.3, -0.25) is 4.79 Å². The number of furan rings is 1. The van der Waals surface area contributed by atoms with E-state index < -0.39 is 0 Å². The van der Waals surface area contributed by atoms with Crippen LogP contribution in [0.1, 0.15) is 31.9 Å². The highest BCUT2D eigenvalue weighted by atomic mass is 16.5. The van der Waals surface area contributed by atoms with E-state index in [1.54, 1.807) is 19.4 Å². The summed E-state index contributed by atoms with van der Waals surface area (Å²) in [5.41, 5.74) is 5.53. The zero-order valence-corrected chi connectivity index (χ0v) is 18.2. The molecule has 5 heteroatoms. The minimum atomic E-state index is -0.160. The Balaban J connectivity index is 2.09. The van der Waals surface area contributed by atoms with Gasteiger partial charge >= 0.3 is 0 Å². The van der Waals surface area contributed by atoms with Crippen molar-refractivity contribution in [2.24, 2.45) is 0 Å².